The maximum Gasteiger partial charge on any atom is 0.305 e. The van der Waals surface area contributed by atoms with Crippen LogP contribution in [0.15, 0.2) is 0 Å². The number of esters is 1. The minimum absolute atomic E-state index is 0.0290. The summed E-state index contributed by atoms with van der Waals surface area (Å²) in [5.74, 6) is -0.690. The van der Waals surface area contributed by atoms with E-state index in [2.05, 4.69) is 4.74 Å². The van der Waals surface area contributed by atoms with Crippen molar-refractivity contribution in [3.63, 3.8) is 0 Å². The molecule has 6 heteroatoms. The van der Waals surface area contributed by atoms with Crippen molar-refractivity contribution in [1.82, 2.24) is 0 Å². The highest BCUT2D eigenvalue weighted by molar-refractivity contribution is 5.83. The Labute approximate surface area is 87.8 Å². The molecule has 2 N–H and O–H groups in total. The second-order valence-corrected chi connectivity index (χ2v) is 2.97. The van der Waals surface area contributed by atoms with Gasteiger partial charge in [-0.2, -0.15) is 0 Å². The van der Waals surface area contributed by atoms with Crippen LogP contribution >= 0.6 is 0 Å². The highest BCUT2D eigenvalue weighted by atomic mass is 16.5. The van der Waals surface area contributed by atoms with E-state index in [0.29, 0.717) is 0 Å². The fourth-order valence-corrected chi connectivity index (χ4v) is 0.777. The van der Waals surface area contributed by atoms with Crippen molar-refractivity contribution in [1.29, 1.82) is 0 Å². The smallest absolute Gasteiger partial charge is 0.305 e. The zero-order valence-corrected chi connectivity index (χ0v) is 8.64. The van der Waals surface area contributed by atoms with E-state index < -0.39 is 18.7 Å². The summed E-state index contributed by atoms with van der Waals surface area (Å²) in [7, 11) is 1.25. The number of aliphatic hydroxyl groups excluding tert-OH is 2. The molecule has 1 atom stereocenters. The molecule has 0 fully saturated rings. The molecule has 88 valence electrons. The third kappa shape index (κ3) is 8.04. The lowest BCUT2D eigenvalue weighted by atomic mass is 10.2. The van der Waals surface area contributed by atoms with Crippen molar-refractivity contribution in [3.05, 3.63) is 0 Å². The Balaban J connectivity index is 3.45. The van der Waals surface area contributed by atoms with Crippen molar-refractivity contribution in [2.75, 3.05) is 26.9 Å². The van der Waals surface area contributed by atoms with Crippen LogP contribution in [-0.4, -0.2) is 55.0 Å². The van der Waals surface area contributed by atoms with Crippen LogP contribution in [0.5, 0.6) is 0 Å². The molecule has 0 aromatic carbocycles. The molecule has 0 aliphatic rings. The number of hydrogen-bond donors (Lipinski definition) is 2. The molecule has 6 nitrogen and oxygen atoms in total. The van der Waals surface area contributed by atoms with E-state index in [9.17, 15) is 9.59 Å². The Kier molecular flexibility index (Phi) is 7.79. The van der Waals surface area contributed by atoms with Gasteiger partial charge in [-0.1, -0.05) is 0 Å². The van der Waals surface area contributed by atoms with Gasteiger partial charge in [0, 0.05) is 6.42 Å². The molecule has 0 aromatic heterocycles. The van der Waals surface area contributed by atoms with Crippen LogP contribution in [0.2, 0.25) is 0 Å². The van der Waals surface area contributed by atoms with Gasteiger partial charge in [-0.25, -0.2) is 0 Å². The first-order valence-electron chi connectivity index (χ1n) is 4.55. The van der Waals surface area contributed by atoms with E-state index in [1.165, 1.54) is 7.11 Å². The molecule has 0 bridgehead atoms. The number of hydrogen-bond acceptors (Lipinski definition) is 6. The number of carbonyl (C=O) groups is 2. The van der Waals surface area contributed by atoms with Crippen molar-refractivity contribution in [2.24, 2.45) is 0 Å². The van der Waals surface area contributed by atoms with E-state index in [-0.39, 0.29) is 31.8 Å². The van der Waals surface area contributed by atoms with Gasteiger partial charge in [0.15, 0.2) is 5.78 Å². The monoisotopic (exact) mass is 220 g/mol. The number of rotatable bonds is 8. The third-order valence-electron chi connectivity index (χ3n) is 1.62. The second-order valence-electron chi connectivity index (χ2n) is 2.97. The van der Waals surface area contributed by atoms with Crippen LogP contribution in [0.1, 0.15) is 12.8 Å². The van der Waals surface area contributed by atoms with Crippen LogP contribution in [0.4, 0.5) is 0 Å². The van der Waals surface area contributed by atoms with Gasteiger partial charge in [-0.15, -0.1) is 0 Å². The van der Waals surface area contributed by atoms with Crippen LogP contribution < -0.4 is 0 Å². The van der Waals surface area contributed by atoms with Gasteiger partial charge in [0.1, 0.15) is 12.7 Å². The standard InChI is InChI=1S/C9H16O6/c1-14-9(13)3-2-7(11)5-15-6-8(12)4-10/h8,10,12H,2-6H2,1H3. The average Bonchev–Trinajstić information content (AvgIpc) is 2.25. The molecule has 0 saturated carbocycles. The summed E-state index contributed by atoms with van der Waals surface area (Å²) in [6, 6.07) is 0. The summed E-state index contributed by atoms with van der Waals surface area (Å²) in [5.41, 5.74) is 0. The maximum absolute atomic E-state index is 11.1. The lowest BCUT2D eigenvalue weighted by Crippen LogP contribution is -2.22. The predicted molar refractivity (Wildman–Crippen MR) is 50.2 cm³/mol. The lowest BCUT2D eigenvalue weighted by Gasteiger charge is -2.07. The largest absolute Gasteiger partial charge is 0.469 e. The second kappa shape index (κ2) is 8.34. The van der Waals surface area contributed by atoms with Gasteiger partial charge < -0.3 is 19.7 Å². The highest BCUT2D eigenvalue weighted by Gasteiger charge is 2.08. The first-order valence-corrected chi connectivity index (χ1v) is 4.55. The van der Waals surface area contributed by atoms with Gasteiger partial charge in [0.2, 0.25) is 0 Å². The molecule has 1 unspecified atom stereocenters. The summed E-state index contributed by atoms with van der Waals surface area (Å²) in [6.45, 7) is -0.676. The number of Topliss-reactive ketones (excluding diaryl/α,β-unsaturated/α-hetero) is 1. The summed E-state index contributed by atoms with van der Waals surface area (Å²) < 4.78 is 9.16. The highest BCUT2D eigenvalue weighted by Crippen LogP contribution is 1.94. The van der Waals surface area contributed by atoms with Crippen LogP contribution in [0.3, 0.4) is 0 Å². The Hall–Kier alpha value is -0.980. The average molecular weight is 220 g/mol. The minimum atomic E-state index is -0.974. The van der Waals surface area contributed by atoms with Gasteiger partial charge in [0.05, 0.1) is 26.7 Å². The van der Waals surface area contributed by atoms with Gasteiger partial charge in [0.25, 0.3) is 0 Å². The van der Waals surface area contributed by atoms with E-state index in [1.54, 1.807) is 0 Å². The zero-order valence-electron chi connectivity index (χ0n) is 8.64. The Morgan fingerprint density at radius 3 is 2.53 bits per heavy atom. The van der Waals surface area contributed by atoms with Gasteiger partial charge >= 0.3 is 5.97 Å². The van der Waals surface area contributed by atoms with Crippen molar-refractivity contribution in [3.8, 4) is 0 Å². The number of carbonyl (C=O) groups excluding carboxylic acids is 2. The molecule has 0 saturated heterocycles. The summed E-state index contributed by atoms with van der Waals surface area (Å²) in [5, 5.41) is 17.3. The maximum atomic E-state index is 11.1. The Bertz CT molecular complexity index is 203. The molecule has 0 spiro atoms. The molecular weight excluding hydrogens is 204 g/mol. The zero-order chi connectivity index (χ0) is 11.7. The Morgan fingerprint density at radius 2 is 2.00 bits per heavy atom. The molecule has 0 aliphatic carbocycles. The number of ketones is 1. The lowest BCUT2D eigenvalue weighted by molar-refractivity contribution is -0.142. The van der Waals surface area contributed by atoms with Crippen molar-refractivity contribution >= 4 is 11.8 Å². The van der Waals surface area contributed by atoms with E-state index >= 15 is 0 Å². The third-order valence-corrected chi connectivity index (χ3v) is 1.62. The van der Waals surface area contributed by atoms with Crippen molar-refractivity contribution < 1.29 is 29.3 Å². The van der Waals surface area contributed by atoms with Gasteiger partial charge in [-0.3, -0.25) is 9.59 Å². The molecular formula is C9H16O6. The van der Waals surface area contributed by atoms with E-state index in [1.807, 2.05) is 0 Å². The molecule has 0 radical (unpaired) electrons. The van der Waals surface area contributed by atoms with E-state index in [0.717, 1.165) is 0 Å². The van der Waals surface area contributed by atoms with Crippen molar-refractivity contribution in [2.45, 2.75) is 18.9 Å². The SMILES string of the molecule is COC(=O)CCC(=O)COCC(O)CO. The summed E-state index contributed by atoms with van der Waals surface area (Å²) in [4.78, 5) is 21.7. The molecule has 0 rings (SSSR count). The summed E-state index contributed by atoms with van der Waals surface area (Å²) >= 11 is 0. The topological polar surface area (TPSA) is 93.1 Å². The van der Waals surface area contributed by atoms with Crippen LogP contribution in [-0.2, 0) is 19.1 Å². The molecule has 0 heterocycles. The normalized spacial score (nSPS) is 12.2. The Morgan fingerprint density at radius 1 is 1.33 bits per heavy atom. The van der Waals surface area contributed by atoms with Gasteiger partial charge in [-0.05, 0) is 0 Å². The fraction of sp³-hybridized carbons (Fsp3) is 0.778. The molecule has 15 heavy (non-hydrogen) atoms. The molecule has 0 amide bonds. The molecule has 0 aliphatic heterocycles. The number of ether oxygens (including phenoxy) is 2. The number of aliphatic hydroxyl groups is 2. The number of methoxy groups -OCH3 is 1. The van der Waals surface area contributed by atoms with Crippen LogP contribution in [0, 0.1) is 0 Å². The fourth-order valence-electron chi connectivity index (χ4n) is 0.777. The summed E-state index contributed by atoms with van der Waals surface area (Å²) in [6.07, 6.45) is -0.887. The first-order chi connectivity index (χ1) is 7.10. The molecule has 0 aromatic rings. The first kappa shape index (κ1) is 14.0. The van der Waals surface area contributed by atoms with Crippen LogP contribution in [0.25, 0.3) is 0 Å². The predicted octanol–water partition coefficient (Wildman–Crippen LogP) is -1.12. The quantitative estimate of drug-likeness (QED) is 0.503. The minimum Gasteiger partial charge on any atom is -0.469 e. The van der Waals surface area contributed by atoms with E-state index in [4.69, 9.17) is 14.9 Å².